The largest absolute Gasteiger partial charge is 0.508 e. The van der Waals surface area contributed by atoms with Crippen molar-refractivity contribution in [1.82, 2.24) is 10.2 Å². The molecular weight excluding hydrogens is 272 g/mol. The Labute approximate surface area is 126 Å². The molecule has 4 heteroatoms. The minimum absolute atomic E-state index is 0.280. The van der Waals surface area contributed by atoms with Crippen molar-refractivity contribution in [3.63, 3.8) is 0 Å². The topological polar surface area (TPSA) is 35.5 Å². The quantitative estimate of drug-likeness (QED) is 0.788. The summed E-state index contributed by atoms with van der Waals surface area (Å²) in [6.45, 7) is 6.32. The molecule has 2 N–H and O–H groups in total. The Morgan fingerprint density at radius 2 is 2.05 bits per heavy atom. The van der Waals surface area contributed by atoms with Gasteiger partial charge in [-0.25, -0.2) is 0 Å². The first-order chi connectivity index (χ1) is 9.72. The lowest BCUT2D eigenvalue weighted by Gasteiger charge is -2.35. The van der Waals surface area contributed by atoms with E-state index in [1.807, 2.05) is 6.07 Å². The van der Waals surface area contributed by atoms with Gasteiger partial charge in [-0.05, 0) is 24.6 Å². The molecule has 1 saturated heterocycles. The van der Waals surface area contributed by atoms with Crippen LogP contribution in [0.5, 0.6) is 5.75 Å². The van der Waals surface area contributed by atoms with Crippen LogP contribution in [0.25, 0.3) is 0 Å². The van der Waals surface area contributed by atoms with Crippen LogP contribution in [0.1, 0.15) is 44.2 Å². The van der Waals surface area contributed by atoms with Gasteiger partial charge in [0, 0.05) is 42.8 Å². The number of halogens is 1. The summed E-state index contributed by atoms with van der Waals surface area (Å²) >= 11 is 6.12. The molecule has 3 nitrogen and oxygen atoms in total. The van der Waals surface area contributed by atoms with Gasteiger partial charge < -0.3 is 10.4 Å². The maximum Gasteiger partial charge on any atom is 0.120 e. The van der Waals surface area contributed by atoms with Gasteiger partial charge in [-0.2, -0.15) is 0 Å². The number of unbranched alkanes of at least 4 members (excludes halogenated alkanes) is 2. The summed E-state index contributed by atoms with van der Waals surface area (Å²) < 4.78 is 0. The number of hydrogen-bond donors (Lipinski definition) is 2. The van der Waals surface area contributed by atoms with E-state index in [0.29, 0.717) is 10.8 Å². The lowest BCUT2D eigenvalue weighted by atomic mass is 9.97. The van der Waals surface area contributed by atoms with Gasteiger partial charge in [0.2, 0.25) is 0 Å². The molecule has 0 bridgehead atoms. The second-order valence-electron chi connectivity index (χ2n) is 5.50. The van der Waals surface area contributed by atoms with Gasteiger partial charge in [0.1, 0.15) is 5.75 Å². The van der Waals surface area contributed by atoms with Crippen LogP contribution in [-0.4, -0.2) is 36.2 Å². The average Bonchev–Trinajstić information content (AvgIpc) is 2.48. The number of aromatic hydroxyl groups is 1. The van der Waals surface area contributed by atoms with Crippen molar-refractivity contribution in [3.8, 4) is 5.75 Å². The molecular formula is C16H25ClN2O. The van der Waals surface area contributed by atoms with Crippen molar-refractivity contribution in [2.24, 2.45) is 0 Å². The first kappa shape index (κ1) is 15.6. The summed E-state index contributed by atoms with van der Waals surface area (Å²) in [5.41, 5.74) is 0.982. The standard InChI is InChI=1S/C16H25ClN2O/c1-2-3-4-5-15(19-10-8-18-9-11-19)14-12-13(17)6-7-16(14)20/h6-7,12,15,18,20H,2-5,8-11H2,1H3/t15-/m1/s1. The second-order valence-corrected chi connectivity index (χ2v) is 5.94. The highest BCUT2D eigenvalue weighted by molar-refractivity contribution is 6.30. The van der Waals surface area contributed by atoms with Crippen molar-refractivity contribution in [1.29, 1.82) is 0 Å². The molecule has 1 aliphatic rings. The zero-order valence-electron chi connectivity index (χ0n) is 12.2. The Hall–Kier alpha value is -0.770. The summed E-state index contributed by atoms with van der Waals surface area (Å²) in [5, 5.41) is 14.3. The lowest BCUT2D eigenvalue weighted by Crippen LogP contribution is -2.45. The molecule has 20 heavy (non-hydrogen) atoms. The number of phenolic OH excluding ortho intramolecular Hbond substituents is 1. The normalized spacial score (nSPS) is 18.1. The van der Waals surface area contributed by atoms with Gasteiger partial charge >= 0.3 is 0 Å². The molecule has 1 atom stereocenters. The second kappa shape index (κ2) is 7.87. The maximum absolute atomic E-state index is 10.2. The molecule has 112 valence electrons. The average molecular weight is 297 g/mol. The molecule has 1 aromatic rings. The van der Waals surface area contributed by atoms with E-state index in [9.17, 15) is 5.11 Å². The summed E-state index contributed by atoms with van der Waals surface area (Å²) in [7, 11) is 0. The Kier molecular flexibility index (Phi) is 6.14. The molecule has 1 heterocycles. The number of phenols is 1. The highest BCUT2D eigenvalue weighted by atomic mass is 35.5. The van der Waals surface area contributed by atoms with Crippen molar-refractivity contribution >= 4 is 11.6 Å². The molecule has 0 unspecified atom stereocenters. The Morgan fingerprint density at radius 3 is 2.75 bits per heavy atom. The molecule has 0 amide bonds. The van der Waals surface area contributed by atoms with Crippen LogP contribution >= 0.6 is 11.6 Å². The van der Waals surface area contributed by atoms with Crippen LogP contribution < -0.4 is 5.32 Å². The predicted molar refractivity (Wildman–Crippen MR) is 84.4 cm³/mol. The Balaban J connectivity index is 2.17. The Bertz CT molecular complexity index is 419. The van der Waals surface area contributed by atoms with Gasteiger partial charge in [-0.1, -0.05) is 37.8 Å². The SMILES string of the molecule is CCCCC[C@H](c1cc(Cl)ccc1O)N1CCNCC1. The zero-order chi connectivity index (χ0) is 14.4. The first-order valence-corrected chi connectivity index (χ1v) is 8.03. The van der Waals surface area contributed by atoms with Crippen LogP contribution in [0, 0.1) is 0 Å². The smallest absolute Gasteiger partial charge is 0.120 e. The molecule has 0 radical (unpaired) electrons. The third-order valence-electron chi connectivity index (χ3n) is 4.02. The third kappa shape index (κ3) is 4.11. The summed E-state index contributed by atoms with van der Waals surface area (Å²) in [6.07, 6.45) is 4.73. The van der Waals surface area contributed by atoms with Crippen LogP contribution in [0.2, 0.25) is 5.02 Å². The number of nitrogens with zero attached hydrogens (tertiary/aromatic N) is 1. The number of hydrogen-bond acceptors (Lipinski definition) is 3. The van der Waals surface area contributed by atoms with E-state index in [0.717, 1.165) is 38.2 Å². The Morgan fingerprint density at radius 1 is 1.30 bits per heavy atom. The molecule has 1 aliphatic heterocycles. The fourth-order valence-corrected chi connectivity index (χ4v) is 3.09. The van der Waals surface area contributed by atoms with Gasteiger partial charge in [0.25, 0.3) is 0 Å². The highest BCUT2D eigenvalue weighted by Gasteiger charge is 2.24. The van der Waals surface area contributed by atoms with Crippen LogP contribution in [0.3, 0.4) is 0 Å². The molecule has 1 fully saturated rings. The van der Waals surface area contributed by atoms with Crippen molar-refractivity contribution in [2.45, 2.75) is 38.6 Å². The fourth-order valence-electron chi connectivity index (χ4n) is 2.91. The van der Waals surface area contributed by atoms with Gasteiger partial charge in [-0.15, -0.1) is 0 Å². The van der Waals surface area contributed by atoms with Gasteiger partial charge in [-0.3, -0.25) is 4.90 Å². The van der Waals surface area contributed by atoms with E-state index in [1.165, 1.54) is 19.3 Å². The monoisotopic (exact) mass is 296 g/mol. The van der Waals surface area contributed by atoms with E-state index in [-0.39, 0.29) is 6.04 Å². The lowest BCUT2D eigenvalue weighted by molar-refractivity contribution is 0.160. The minimum Gasteiger partial charge on any atom is -0.508 e. The molecule has 0 saturated carbocycles. The van der Waals surface area contributed by atoms with Crippen LogP contribution in [0.4, 0.5) is 0 Å². The maximum atomic E-state index is 10.2. The van der Waals surface area contributed by atoms with E-state index in [1.54, 1.807) is 12.1 Å². The van der Waals surface area contributed by atoms with Crippen molar-refractivity contribution in [2.75, 3.05) is 26.2 Å². The van der Waals surface area contributed by atoms with E-state index in [4.69, 9.17) is 11.6 Å². The number of rotatable bonds is 6. The fraction of sp³-hybridized carbons (Fsp3) is 0.625. The van der Waals surface area contributed by atoms with E-state index < -0.39 is 0 Å². The first-order valence-electron chi connectivity index (χ1n) is 7.65. The predicted octanol–water partition coefficient (Wildman–Crippen LogP) is 3.57. The molecule has 0 aromatic heterocycles. The number of piperazine rings is 1. The molecule has 0 aliphatic carbocycles. The van der Waals surface area contributed by atoms with E-state index >= 15 is 0 Å². The van der Waals surface area contributed by atoms with Gasteiger partial charge in [0.15, 0.2) is 0 Å². The molecule has 2 rings (SSSR count). The van der Waals surface area contributed by atoms with Crippen molar-refractivity contribution in [3.05, 3.63) is 28.8 Å². The number of benzene rings is 1. The highest BCUT2D eigenvalue weighted by Crippen LogP contribution is 2.34. The van der Waals surface area contributed by atoms with E-state index in [2.05, 4.69) is 17.1 Å². The summed E-state index contributed by atoms with van der Waals surface area (Å²) in [6, 6.07) is 5.67. The number of nitrogens with one attached hydrogen (secondary N) is 1. The summed E-state index contributed by atoms with van der Waals surface area (Å²) in [4.78, 5) is 2.47. The van der Waals surface area contributed by atoms with Crippen LogP contribution in [0.15, 0.2) is 18.2 Å². The third-order valence-corrected chi connectivity index (χ3v) is 4.26. The van der Waals surface area contributed by atoms with Crippen molar-refractivity contribution < 1.29 is 5.11 Å². The van der Waals surface area contributed by atoms with Crippen LogP contribution in [-0.2, 0) is 0 Å². The minimum atomic E-state index is 0.280. The zero-order valence-corrected chi connectivity index (χ0v) is 13.0. The molecule has 1 aromatic carbocycles. The molecule has 0 spiro atoms. The summed E-state index contributed by atoms with van der Waals surface area (Å²) in [5.74, 6) is 0.370. The van der Waals surface area contributed by atoms with Gasteiger partial charge in [0.05, 0.1) is 0 Å².